The van der Waals surface area contributed by atoms with Crippen LogP contribution in [0.5, 0.6) is 5.75 Å². The van der Waals surface area contributed by atoms with E-state index in [-0.39, 0.29) is 5.75 Å². The van der Waals surface area contributed by atoms with E-state index in [1.807, 2.05) is 0 Å². The molecule has 0 heterocycles. The van der Waals surface area contributed by atoms with Crippen molar-refractivity contribution in [2.24, 2.45) is 0 Å². The van der Waals surface area contributed by atoms with Crippen LogP contribution in [-0.4, -0.2) is 24.1 Å². The van der Waals surface area contributed by atoms with Gasteiger partial charge in [-0.05, 0) is 0 Å². The Balaban J connectivity index is 3.00. The van der Waals surface area contributed by atoms with Crippen molar-refractivity contribution in [3.05, 3.63) is 24.3 Å². The molecule has 0 radical (unpaired) electrons. The normalized spacial score (nSPS) is 12.9. The topological polar surface area (TPSA) is 57.5 Å². The number of rotatable bonds is 1. The molecule has 10 heavy (non-hydrogen) atoms. The summed E-state index contributed by atoms with van der Waals surface area (Å²) in [6.07, 6.45) is 0. The molecule has 54 valence electrons. The van der Waals surface area contributed by atoms with Crippen LogP contribution in [0.3, 0.4) is 0 Å². The van der Waals surface area contributed by atoms with Crippen molar-refractivity contribution in [3.63, 3.8) is 0 Å². The summed E-state index contributed by atoms with van der Waals surface area (Å²) >= 11 is -3.15. The molecule has 1 aromatic rings. The third-order valence-corrected chi connectivity index (χ3v) is 2.85. The first kappa shape index (κ1) is 7.45. The number of hydrogen-bond acceptors (Lipinski definition) is 2. The average molecular weight is 202 g/mol. The Kier molecular flexibility index (Phi) is 2.20. The third kappa shape index (κ3) is 1.66. The van der Waals surface area contributed by atoms with Gasteiger partial charge in [-0.25, -0.2) is 0 Å². The molecule has 0 fully saturated rings. The van der Waals surface area contributed by atoms with Crippen LogP contribution in [0.4, 0.5) is 0 Å². The molecule has 0 aliphatic heterocycles. The molecule has 0 aliphatic carbocycles. The van der Waals surface area contributed by atoms with Crippen LogP contribution >= 0.6 is 0 Å². The van der Waals surface area contributed by atoms with E-state index in [1.165, 1.54) is 24.3 Å². The van der Waals surface area contributed by atoms with Gasteiger partial charge in [0.15, 0.2) is 0 Å². The minimum absolute atomic E-state index is 0.114. The van der Waals surface area contributed by atoms with Crippen molar-refractivity contribution in [3.8, 4) is 5.75 Å². The van der Waals surface area contributed by atoms with E-state index in [1.54, 1.807) is 0 Å². The van der Waals surface area contributed by atoms with E-state index in [4.69, 9.17) is 9.20 Å². The van der Waals surface area contributed by atoms with Crippen LogP contribution in [0, 0.1) is 0 Å². The van der Waals surface area contributed by atoms with E-state index >= 15 is 0 Å². The van der Waals surface area contributed by atoms with Crippen molar-refractivity contribution >= 4 is 19.3 Å². The van der Waals surface area contributed by atoms with E-state index in [2.05, 4.69) is 0 Å². The summed E-state index contributed by atoms with van der Waals surface area (Å²) in [5.41, 5.74) is 0. The van der Waals surface area contributed by atoms with Gasteiger partial charge in [-0.15, -0.1) is 0 Å². The summed E-state index contributed by atoms with van der Waals surface area (Å²) < 4.78 is 19.6. The Morgan fingerprint density at radius 2 is 1.70 bits per heavy atom. The summed E-state index contributed by atoms with van der Waals surface area (Å²) in [7, 11) is 0. The molecule has 2 N–H and O–H groups in total. The summed E-state index contributed by atoms with van der Waals surface area (Å²) in [6.45, 7) is 0. The van der Waals surface area contributed by atoms with E-state index < -0.39 is 14.9 Å². The first-order chi connectivity index (χ1) is 4.70. The predicted octanol–water partition coefficient (Wildman–Crippen LogP) is -0.758. The van der Waals surface area contributed by atoms with Gasteiger partial charge in [0, 0.05) is 0 Å². The minimum atomic E-state index is -3.15. The van der Waals surface area contributed by atoms with Crippen molar-refractivity contribution in [2.75, 3.05) is 0 Å². The SMILES string of the molecule is O=[AsH](O)c1ccc(O)cc1. The fourth-order valence-electron chi connectivity index (χ4n) is 0.604. The van der Waals surface area contributed by atoms with Crippen LogP contribution in [-0.2, 0) is 3.74 Å². The Morgan fingerprint density at radius 3 is 2.10 bits per heavy atom. The standard InChI is InChI=1S/C6H7AsO3/c8-6-3-1-5(2-4-6)7(9)10/h1-4,7-8H,(H,9,10). The van der Waals surface area contributed by atoms with Crippen molar-refractivity contribution in [1.82, 2.24) is 0 Å². The Labute approximate surface area is 62.8 Å². The molecule has 1 aromatic carbocycles. The number of aromatic hydroxyl groups is 1. The molecule has 0 bridgehead atoms. The maximum absolute atomic E-state index is 10.5. The molecule has 0 saturated heterocycles. The van der Waals surface area contributed by atoms with Gasteiger partial charge in [0.1, 0.15) is 0 Å². The monoisotopic (exact) mass is 202 g/mol. The zero-order chi connectivity index (χ0) is 7.56. The molecular formula is C6H7AsO3. The van der Waals surface area contributed by atoms with Gasteiger partial charge < -0.3 is 0 Å². The number of phenols is 1. The second-order valence-electron chi connectivity index (χ2n) is 1.85. The predicted molar refractivity (Wildman–Crippen MR) is 37.8 cm³/mol. The van der Waals surface area contributed by atoms with Gasteiger partial charge in [-0.2, -0.15) is 0 Å². The Morgan fingerprint density at radius 1 is 1.20 bits per heavy atom. The number of hydrogen-bond donors (Lipinski definition) is 2. The number of benzene rings is 1. The van der Waals surface area contributed by atoms with Crippen LogP contribution < -0.4 is 4.35 Å². The van der Waals surface area contributed by atoms with Crippen molar-refractivity contribution in [1.29, 1.82) is 0 Å². The van der Waals surface area contributed by atoms with Gasteiger partial charge in [-0.3, -0.25) is 0 Å². The van der Waals surface area contributed by atoms with Crippen LogP contribution in [0.25, 0.3) is 0 Å². The molecule has 4 heteroatoms. The van der Waals surface area contributed by atoms with Gasteiger partial charge in [0.25, 0.3) is 0 Å². The van der Waals surface area contributed by atoms with Crippen LogP contribution in [0.1, 0.15) is 0 Å². The zero-order valence-corrected chi connectivity index (χ0v) is 7.21. The van der Waals surface area contributed by atoms with Gasteiger partial charge in [-0.1, -0.05) is 0 Å². The molecule has 1 atom stereocenters. The van der Waals surface area contributed by atoms with Crippen LogP contribution in [0.2, 0.25) is 0 Å². The zero-order valence-electron chi connectivity index (χ0n) is 5.11. The van der Waals surface area contributed by atoms with E-state index in [0.717, 1.165) is 0 Å². The molecule has 3 nitrogen and oxygen atoms in total. The molecule has 0 aromatic heterocycles. The second kappa shape index (κ2) is 2.95. The molecular weight excluding hydrogens is 195 g/mol. The van der Waals surface area contributed by atoms with Gasteiger partial charge >= 0.3 is 62.2 Å². The molecule has 0 saturated carbocycles. The number of phenolic OH excluding ortho intramolecular Hbond substituents is 1. The first-order valence-corrected chi connectivity index (χ1v) is 5.57. The Hall–Kier alpha value is -0.662. The summed E-state index contributed by atoms with van der Waals surface area (Å²) in [5.74, 6) is 0.114. The van der Waals surface area contributed by atoms with Crippen molar-refractivity contribution < 1.29 is 12.9 Å². The molecule has 1 rings (SSSR count). The molecule has 1 unspecified atom stereocenters. The van der Waals surface area contributed by atoms with Crippen LogP contribution in [0.15, 0.2) is 24.3 Å². The molecule has 0 amide bonds. The van der Waals surface area contributed by atoms with Gasteiger partial charge in [0.2, 0.25) is 0 Å². The maximum atomic E-state index is 10.5. The average Bonchev–Trinajstić information content (AvgIpc) is 1.88. The van der Waals surface area contributed by atoms with E-state index in [9.17, 15) is 3.74 Å². The second-order valence-corrected chi connectivity index (χ2v) is 4.34. The Bertz CT molecular complexity index is 242. The third-order valence-electron chi connectivity index (χ3n) is 1.11. The molecule has 0 spiro atoms. The quantitative estimate of drug-likeness (QED) is 0.588. The summed E-state index contributed by atoms with van der Waals surface area (Å²) in [4.78, 5) is 0. The van der Waals surface area contributed by atoms with Gasteiger partial charge in [0.05, 0.1) is 0 Å². The summed E-state index contributed by atoms with van der Waals surface area (Å²) in [5, 5.41) is 8.77. The summed E-state index contributed by atoms with van der Waals surface area (Å²) in [6, 6.07) is 5.71. The fourth-order valence-corrected chi connectivity index (χ4v) is 1.55. The molecule has 0 aliphatic rings. The fraction of sp³-hybridized carbons (Fsp3) is 0. The van der Waals surface area contributed by atoms with E-state index in [0.29, 0.717) is 4.35 Å². The van der Waals surface area contributed by atoms with Crippen molar-refractivity contribution in [2.45, 2.75) is 0 Å². The first-order valence-electron chi connectivity index (χ1n) is 2.72.